The zero-order valence-electron chi connectivity index (χ0n) is 13.2. The van der Waals surface area contributed by atoms with Crippen molar-refractivity contribution in [1.29, 1.82) is 0 Å². The van der Waals surface area contributed by atoms with Crippen molar-refractivity contribution in [2.45, 2.75) is 23.8 Å². The highest BCUT2D eigenvalue weighted by molar-refractivity contribution is 7.89. The number of anilines is 1. The van der Waals surface area contributed by atoms with E-state index in [1.807, 2.05) is 30.3 Å². The number of rotatable bonds is 5. The summed E-state index contributed by atoms with van der Waals surface area (Å²) in [6, 6.07) is 15.5. The third-order valence-corrected chi connectivity index (χ3v) is 4.87. The summed E-state index contributed by atoms with van der Waals surface area (Å²) < 4.78 is 22.8. The second-order valence-corrected chi connectivity index (χ2v) is 7.31. The third kappa shape index (κ3) is 3.86. The van der Waals surface area contributed by atoms with E-state index in [0.717, 1.165) is 5.56 Å². The van der Waals surface area contributed by atoms with Gasteiger partial charge in [0.2, 0.25) is 10.0 Å². The van der Waals surface area contributed by atoms with Crippen LogP contribution in [0.2, 0.25) is 0 Å². The van der Waals surface area contributed by atoms with E-state index in [9.17, 15) is 13.2 Å². The molecule has 130 valence electrons. The molecule has 1 aliphatic rings. The van der Waals surface area contributed by atoms with Crippen LogP contribution in [0.15, 0.2) is 64.6 Å². The molecule has 0 saturated carbocycles. The molecule has 25 heavy (non-hydrogen) atoms. The molecule has 1 atom stereocenters. The maximum atomic E-state index is 11.4. The first-order valence-corrected chi connectivity index (χ1v) is 9.14. The number of hydrogen-bond acceptors (Lipinski definition) is 5. The van der Waals surface area contributed by atoms with E-state index >= 15 is 0 Å². The van der Waals surface area contributed by atoms with Gasteiger partial charge in [0.1, 0.15) is 0 Å². The molecule has 0 radical (unpaired) electrons. The highest BCUT2D eigenvalue weighted by atomic mass is 32.2. The Labute approximate surface area is 145 Å². The third-order valence-electron chi connectivity index (χ3n) is 3.94. The number of nitrogens with two attached hydrogens (primary N) is 1. The molecule has 2 aromatic rings. The van der Waals surface area contributed by atoms with Gasteiger partial charge in [-0.15, -0.1) is 0 Å². The summed E-state index contributed by atoms with van der Waals surface area (Å²) in [4.78, 5) is 11.0. The standard InChI is InChI=1S/C17H17N3O4S/c18-25(23,24)15-8-6-14(7-9-15)20-16(12-4-2-1-3-5-12)10-13(19-20)11-17(21)22/h1-9,16H,10-11H2,(H,21,22)(H2,18,23,24). The Balaban J connectivity index is 1.96. The quantitative estimate of drug-likeness (QED) is 0.849. The lowest BCUT2D eigenvalue weighted by Gasteiger charge is -2.24. The molecule has 1 unspecified atom stereocenters. The van der Waals surface area contributed by atoms with E-state index in [1.54, 1.807) is 17.1 Å². The van der Waals surface area contributed by atoms with Crippen LogP contribution in [0.1, 0.15) is 24.4 Å². The summed E-state index contributed by atoms with van der Waals surface area (Å²) in [5.41, 5.74) is 2.24. The first-order valence-electron chi connectivity index (χ1n) is 7.60. The summed E-state index contributed by atoms with van der Waals surface area (Å²) in [5.74, 6) is -0.933. The second kappa shape index (κ2) is 6.66. The van der Waals surface area contributed by atoms with Crippen molar-refractivity contribution in [3.63, 3.8) is 0 Å². The van der Waals surface area contributed by atoms with Crippen LogP contribution in [0.25, 0.3) is 0 Å². The van der Waals surface area contributed by atoms with Crippen LogP contribution in [0, 0.1) is 0 Å². The van der Waals surface area contributed by atoms with Crippen molar-refractivity contribution in [3.05, 3.63) is 60.2 Å². The fraction of sp³-hybridized carbons (Fsp3) is 0.176. The van der Waals surface area contributed by atoms with Gasteiger partial charge in [0.05, 0.1) is 28.8 Å². The zero-order valence-corrected chi connectivity index (χ0v) is 14.1. The number of carboxylic acids is 1. The molecule has 0 saturated heterocycles. The van der Waals surface area contributed by atoms with Gasteiger partial charge >= 0.3 is 5.97 Å². The number of carboxylic acid groups (broad SMARTS) is 1. The van der Waals surface area contributed by atoms with Gasteiger partial charge in [0.25, 0.3) is 0 Å². The van der Waals surface area contributed by atoms with Crippen LogP contribution in [-0.2, 0) is 14.8 Å². The first kappa shape index (κ1) is 17.1. The Hall–Kier alpha value is -2.71. The van der Waals surface area contributed by atoms with Crippen LogP contribution >= 0.6 is 0 Å². The molecule has 0 aromatic heterocycles. The van der Waals surface area contributed by atoms with E-state index in [-0.39, 0.29) is 17.4 Å². The van der Waals surface area contributed by atoms with Gasteiger partial charge in [-0.1, -0.05) is 30.3 Å². The predicted molar refractivity (Wildman–Crippen MR) is 93.8 cm³/mol. The van der Waals surface area contributed by atoms with Crippen LogP contribution in [0.3, 0.4) is 0 Å². The van der Waals surface area contributed by atoms with Crippen LogP contribution in [0.5, 0.6) is 0 Å². The Morgan fingerprint density at radius 3 is 2.36 bits per heavy atom. The SMILES string of the molecule is NS(=O)(=O)c1ccc(N2N=C(CC(=O)O)CC2c2ccccc2)cc1. The van der Waals surface area contributed by atoms with Gasteiger partial charge in [-0.25, -0.2) is 13.6 Å². The maximum Gasteiger partial charge on any atom is 0.309 e. The Morgan fingerprint density at radius 2 is 1.80 bits per heavy atom. The zero-order chi connectivity index (χ0) is 18.0. The average molecular weight is 359 g/mol. The molecule has 0 aliphatic carbocycles. The van der Waals surface area contributed by atoms with Crippen LogP contribution in [-0.4, -0.2) is 25.2 Å². The second-order valence-electron chi connectivity index (χ2n) is 5.75. The lowest BCUT2D eigenvalue weighted by molar-refractivity contribution is -0.135. The van der Waals surface area contributed by atoms with Gasteiger partial charge in [-0.05, 0) is 29.8 Å². The van der Waals surface area contributed by atoms with Gasteiger partial charge in [-0.2, -0.15) is 5.10 Å². The molecule has 0 spiro atoms. The number of carbonyl (C=O) groups is 1. The first-order chi connectivity index (χ1) is 11.8. The highest BCUT2D eigenvalue weighted by Crippen LogP contribution is 2.36. The Kier molecular flexibility index (Phi) is 4.56. The minimum atomic E-state index is -3.77. The number of sulfonamides is 1. The predicted octanol–water partition coefficient (Wildman–Crippen LogP) is 2.12. The number of hydrazone groups is 1. The molecular formula is C17H17N3O4S. The molecular weight excluding hydrogens is 342 g/mol. The van der Waals surface area contributed by atoms with Gasteiger partial charge in [0, 0.05) is 6.42 Å². The minimum Gasteiger partial charge on any atom is -0.481 e. The number of hydrogen-bond donors (Lipinski definition) is 2. The van der Waals surface area contributed by atoms with Crippen molar-refractivity contribution in [3.8, 4) is 0 Å². The molecule has 1 heterocycles. The summed E-state index contributed by atoms with van der Waals surface area (Å²) in [7, 11) is -3.77. The van der Waals surface area contributed by atoms with Gasteiger partial charge in [0.15, 0.2) is 0 Å². The van der Waals surface area contributed by atoms with Crippen molar-refractivity contribution in [2.75, 3.05) is 5.01 Å². The molecule has 3 N–H and O–H groups in total. The average Bonchev–Trinajstić information content (AvgIpc) is 2.98. The topological polar surface area (TPSA) is 113 Å². The maximum absolute atomic E-state index is 11.4. The molecule has 0 amide bonds. The van der Waals surface area contributed by atoms with E-state index in [4.69, 9.17) is 10.2 Å². The molecule has 1 aliphatic heterocycles. The number of benzene rings is 2. The van der Waals surface area contributed by atoms with Gasteiger partial charge in [-0.3, -0.25) is 9.80 Å². The normalized spacial score (nSPS) is 17.4. The number of nitrogens with zero attached hydrogens (tertiary/aromatic N) is 2. The van der Waals surface area contributed by atoms with Crippen molar-refractivity contribution in [2.24, 2.45) is 10.2 Å². The van der Waals surface area contributed by atoms with Crippen LogP contribution < -0.4 is 10.1 Å². The summed E-state index contributed by atoms with van der Waals surface area (Å²) in [6.07, 6.45) is 0.363. The highest BCUT2D eigenvalue weighted by Gasteiger charge is 2.30. The van der Waals surface area contributed by atoms with E-state index in [0.29, 0.717) is 17.8 Å². The summed E-state index contributed by atoms with van der Waals surface area (Å²) in [6.45, 7) is 0. The summed E-state index contributed by atoms with van der Waals surface area (Å²) in [5, 5.41) is 20.3. The monoisotopic (exact) mass is 359 g/mol. The minimum absolute atomic E-state index is 0.0152. The molecule has 0 bridgehead atoms. The smallest absolute Gasteiger partial charge is 0.309 e. The molecule has 0 fully saturated rings. The fourth-order valence-electron chi connectivity index (χ4n) is 2.82. The van der Waals surface area contributed by atoms with Crippen LogP contribution in [0.4, 0.5) is 5.69 Å². The van der Waals surface area contributed by atoms with E-state index in [2.05, 4.69) is 5.10 Å². The molecule has 2 aromatic carbocycles. The van der Waals surface area contributed by atoms with Crippen molar-refractivity contribution < 1.29 is 18.3 Å². The van der Waals surface area contributed by atoms with Crippen molar-refractivity contribution >= 4 is 27.4 Å². The Morgan fingerprint density at radius 1 is 1.16 bits per heavy atom. The molecule has 3 rings (SSSR count). The molecule has 8 heteroatoms. The van der Waals surface area contributed by atoms with E-state index in [1.165, 1.54) is 12.1 Å². The molecule has 7 nitrogen and oxygen atoms in total. The number of aliphatic carboxylic acids is 1. The Bertz CT molecular complexity index is 909. The number of primary sulfonamides is 1. The fourth-order valence-corrected chi connectivity index (χ4v) is 3.33. The van der Waals surface area contributed by atoms with E-state index < -0.39 is 16.0 Å². The van der Waals surface area contributed by atoms with Gasteiger partial charge < -0.3 is 5.11 Å². The lowest BCUT2D eigenvalue weighted by Crippen LogP contribution is -2.19. The summed E-state index contributed by atoms with van der Waals surface area (Å²) >= 11 is 0. The largest absolute Gasteiger partial charge is 0.481 e. The van der Waals surface area contributed by atoms with Crippen molar-refractivity contribution in [1.82, 2.24) is 0 Å². The lowest BCUT2D eigenvalue weighted by atomic mass is 10.0.